The lowest BCUT2D eigenvalue weighted by Gasteiger charge is -2.03. The summed E-state index contributed by atoms with van der Waals surface area (Å²) >= 11 is 0. The molecule has 1 amide bonds. The van der Waals surface area contributed by atoms with Crippen LogP contribution in [0.1, 0.15) is 12.5 Å². The van der Waals surface area contributed by atoms with Crippen LogP contribution in [0.2, 0.25) is 0 Å². The van der Waals surface area contributed by atoms with Gasteiger partial charge in [0.1, 0.15) is 0 Å². The Morgan fingerprint density at radius 3 is 2.59 bits per heavy atom. The zero-order chi connectivity index (χ0) is 12.5. The lowest BCUT2D eigenvalue weighted by Crippen LogP contribution is -2.08. The molecule has 0 aromatic heterocycles. The first-order chi connectivity index (χ1) is 8.26. The molecule has 0 aliphatic carbocycles. The molecule has 0 saturated carbocycles. The topological polar surface area (TPSA) is 55.1 Å². The van der Waals surface area contributed by atoms with Gasteiger partial charge in [0, 0.05) is 11.8 Å². The molecule has 3 heteroatoms. The molecule has 0 heterocycles. The molecular formula is C14H18N2O. The molecule has 0 atom stereocenters. The molecular weight excluding hydrogens is 212 g/mol. The van der Waals surface area contributed by atoms with Gasteiger partial charge in [-0.15, -0.1) is 0 Å². The molecule has 0 aliphatic heterocycles. The fourth-order valence-electron chi connectivity index (χ4n) is 1.36. The van der Waals surface area contributed by atoms with Gasteiger partial charge < -0.3 is 11.1 Å². The van der Waals surface area contributed by atoms with Crippen LogP contribution in [0.15, 0.2) is 48.6 Å². The molecule has 90 valence electrons. The van der Waals surface area contributed by atoms with E-state index in [1.807, 2.05) is 43.3 Å². The summed E-state index contributed by atoms with van der Waals surface area (Å²) in [6.07, 6.45) is 7.73. The second kappa shape index (κ2) is 7.41. The lowest BCUT2D eigenvalue weighted by molar-refractivity contribution is -0.111. The van der Waals surface area contributed by atoms with Crippen molar-refractivity contribution in [2.75, 3.05) is 11.9 Å². The van der Waals surface area contributed by atoms with E-state index in [4.69, 9.17) is 5.73 Å². The summed E-state index contributed by atoms with van der Waals surface area (Å²) < 4.78 is 0. The Kier molecular flexibility index (Phi) is 5.75. The van der Waals surface area contributed by atoms with Crippen molar-refractivity contribution in [3.8, 4) is 0 Å². The highest BCUT2D eigenvalue weighted by atomic mass is 16.1. The zero-order valence-corrected chi connectivity index (χ0v) is 10.0. The smallest absolute Gasteiger partial charge is 0.248 e. The Morgan fingerprint density at radius 2 is 2.00 bits per heavy atom. The highest BCUT2D eigenvalue weighted by molar-refractivity contribution is 5.99. The molecule has 0 unspecified atom stereocenters. The lowest BCUT2D eigenvalue weighted by atomic mass is 10.1. The van der Waals surface area contributed by atoms with Gasteiger partial charge >= 0.3 is 0 Å². The first kappa shape index (κ1) is 13.2. The summed E-state index contributed by atoms with van der Waals surface area (Å²) in [6.45, 7) is 2.54. The van der Waals surface area contributed by atoms with Crippen LogP contribution in [-0.2, 0) is 11.2 Å². The summed E-state index contributed by atoms with van der Waals surface area (Å²) in [5, 5.41) is 2.78. The minimum atomic E-state index is -0.130. The van der Waals surface area contributed by atoms with E-state index in [0.717, 1.165) is 12.1 Å². The van der Waals surface area contributed by atoms with Crippen LogP contribution < -0.4 is 11.1 Å². The fourth-order valence-corrected chi connectivity index (χ4v) is 1.36. The first-order valence-corrected chi connectivity index (χ1v) is 5.65. The van der Waals surface area contributed by atoms with Gasteiger partial charge in [-0.1, -0.05) is 30.4 Å². The van der Waals surface area contributed by atoms with Gasteiger partial charge in [0.25, 0.3) is 0 Å². The summed E-state index contributed by atoms with van der Waals surface area (Å²) in [4.78, 5) is 11.4. The van der Waals surface area contributed by atoms with Crippen molar-refractivity contribution in [1.29, 1.82) is 0 Å². The van der Waals surface area contributed by atoms with Crippen LogP contribution in [-0.4, -0.2) is 12.5 Å². The van der Waals surface area contributed by atoms with Gasteiger partial charge in [0.2, 0.25) is 5.91 Å². The Hall–Kier alpha value is -1.87. The van der Waals surface area contributed by atoms with Gasteiger partial charge in [0.05, 0.1) is 0 Å². The minimum Gasteiger partial charge on any atom is -0.330 e. The summed E-state index contributed by atoms with van der Waals surface area (Å²) in [5.74, 6) is -0.130. The van der Waals surface area contributed by atoms with E-state index in [1.165, 1.54) is 11.6 Å². The molecule has 0 radical (unpaired) electrons. The van der Waals surface area contributed by atoms with Crippen molar-refractivity contribution in [2.24, 2.45) is 5.73 Å². The number of amides is 1. The van der Waals surface area contributed by atoms with Gasteiger partial charge in [0.15, 0.2) is 0 Å². The second-order valence-corrected chi connectivity index (χ2v) is 3.61. The van der Waals surface area contributed by atoms with Gasteiger partial charge in [-0.3, -0.25) is 4.79 Å². The first-order valence-electron chi connectivity index (χ1n) is 5.65. The van der Waals surface area contributed by atoms with Crippen molar-refractivity contribution in [1.82, 2.24) is 0 Å². The number of nitrogens with two attached hydrogens (primary N) is 1. The van der Waals surface area contributed by atoms with Gasteiger partial charge in [-0.25, -0.2) is 0 Å². The number of rotatable bonds is 5. The number of nitrogens with one attached hydrogen (secondary N) is 1. The van der Waals surface area contributed by atoms with Crippen molar-refractivity contribution in [3.63, 3.8) is 0 Å². The maximum absolute atomic E-state index is 11.4. The average molecular weight is 230 g/mol. The summed E-state index contributed by atoms with van der Waals surface area (Å²) in [5.41, 5.74) is 7.43. The monoisotopic (exact) mass is 230 g/mol. The minimum absolute atomic E-state index is 0.130. The van der Waals surface area contributed by atoms with Crippen molar-refractivity contribution < 1.29 is 4.79 Å². The third kappa shape index (κ3) is 5.13. The van der Waals surface area contributed by atoms with Crippen LogP contribution in [0.4, 0.5) is 5.69 Å². The van der Waals surface area contributed by atoms with E-state index in [2.05, 4.69) is 5.32 Å². The number of benzene rings is 1. The largest absolute Gasteiger partial charge is 0.330 e. The second-order valence-electron chi connectivity index (χ2n) is 3.61. The highest BCUT2D eigenvalue weighted by Crippen LogP contribution is 2.09. The Balaban J connectivity index is 2.54. The number of carbonyl (C=O) groups excluding carboxylic acids is 1. The molecule has 3 nitrogen and oxygen atoms in total. The van der Waals surface area contributed by atoms with E-state index >= 15 is 0 Å². The third-order valence-electron chi connectivity index (χ3n) is 2.21. The van der Waals surface area contributed by atoms with Crippen LogP contribution >= 0.6 is 0 Å². The quantitative estimate of drug-likeness (QED) is 0.602. The standard InChI is InChI=1S/C14H18N2O/c1-2-3-4-5-14(17)16-13-8-6-12(7-9-13)10-11-15/h2-9H,10-11,15H2,1H3,(H,16,17)/b3-2+,5-4+. The molecule has 0 aliphatic rings. The van der Waals surface area contributed by atoms with E-state index in [0.29, 0.717) is 6.54 Å². The normalized spacial score (nSPS) is 11.2. The van der Waals surface area contributed by atoms with Crippen LogP contribution in [0.3, 0.4) is 0 Å². The van der Waals surface area contributed by atoms with E-state index in [-0.39, 0.29) is 5.91 Å². The maximum Gasteiger partial charge on any atom is 0.248 e. The third-order valence-corrected chi connectivity index (χ3v) is 2.21. The number of carbonyl (C=O) groups is 1. The molecule has 0 saturated heterocycles. The van der Waals surface area contributed by atoms with Crippen LogP contribution in [0.25, 0.3) is 0 Å². The summed E-state index contributed by atoms with van der Waals surface area (Å²) in [6, 6.07) is 7.70. The zero-order valence-electron chi connectivity index (χ0n) is 10.0. The SMILES string of the molecule is C/C=C/C=C/C(=O)Nc1ccc(CCN)cc1. The fraction of sp³-hybridized carbons (Fsp3) is 0.214. The highest BCUT2D eigenvalue weighted by Gasteiger charge is 1.97. The number of hydrogen-bond acceptors (Lipinski definition) is 2. The Morgan fingerprint density at radius 1 is 1.29 bits per heavy atom. The number of anilines is 1. The van der Waals surface area contributed by atoms with Gasteiger partial charge in [-0.05, 0) is 37.6 Å². The van der Waals surface area contributed by atoms with Crippen LogP contribution in [0, 0.1) is 0 Å². The average Bonchev–Trinajstić information content (AvgIpc) is 2.32. The maximum atomic E-state index is 11.4. The molecule has 1 aromatic carbocycles. The Labute approximate surface area is 102 Å². The van der Waals surface area contributed by atoms with E-state index < -0.39 is 0 Å². The Bertz CT molecular complexity index is 405. The molecule has 3 N–H and O–H groups in total. The summed E-state index contributed by atoms with van der Waals surface area (Å²) in [7, 11) is 0. The predicted octanol–water partition coefficient (Wildman–Crippen LogP) is 2.26. The molecule has 0 spiro atoms. The van der Waals surface area contributed by atoms with E-state index in [9.17, 15) is 4.79 Å². The van der Waals surface area contributed by atoms with Crippen molar-refractivity contribution >= 4 is 11.6 Å². The van der Waals surface area contributed by atoms with Crippen molar-refractivity contribution in [2.45, 2.75) is 13.3 Å². The number of hydrogen-bond donors (Lipinski definition) is 2. The molecule has 17 heavy (non-hydrogen) atoms. The van der Waals surface area contributed by atoms with E-state index in [1.54, 1.807) is 6.08 Å². The molecule has 1 aromatic rings. The molecule has 0 fully saturated rings. The van der Waals surface area contributed by atoms with Gasteiger partial charge in [-0.2, -0.15) is 0 Å². The molecule has 0 bridgehead atoms. The van der Waals surface area contributed by atoms with Crippen LogP contribution in [0.5, 0.6) is 0 Å². The number of allylic oxidation sites excluding steroid dienone is 3. The molecule has 1 rings (SSSR count). The predicted molar refractivity (Wildman–Crippen MR) is 71.8 cm³/mol. The van der Waals surface area contributed by atoms with Crippen molar-refractivity contribution in [3.05, 3.63) is 54.1 Å².